The first kappa shape index (κ1) is 10.3. The Kier molecular flexibility index (Phi) is 3.11. The van der Waals surface area contributed by atoms with Crippen molar-refractivity contribution in [1.82, 2.24) is 4.57 Å². The molecule has 0 spiro atoms. The lowest BCUT2D eigenvalue weighted by atomic mass is 10.4. The van der Waals surface area contributed by atoms with Crippen molar-refractivity contribution in [2.24, 2.45) is 0 Å². The molecule has 1 aromatic heterocycles. The zero-order chi connectivity index (χ0) is 10.0. The first-order valence-corrected chi connectivity index (χ1v) is 4.45. The van der Waals surface area contributed by atoms with Gasteiger partial charge in [-0.15, -0.1) is 0 Å². The number of carboxylic acids is 1. The zero-order valence-corrected chi connectivity index (χ0v) is 8.67. The Bertz CT molecular complexity index is 401. The number of pyridine rings is 1. The van der Waals surface area contributed by atoms with E-state index in [1.165, 1.54) is 12.3 Å². The van der Waals surface area contributed by atoms with Gasteiger partial charge in [-0.3, -0.25) is 9.59 Å². The van der Waals surface area contributed by atoms with Crippen LogP contribution in [0.4, 0.5) is 0 Å². The summed E-state index contributed by atoms with van der Waals surface area (Å²) in [5.41, 5.74) is -0.507. The zero-order valence-electron chi connectivity index (χ0n) is 6.33. The van der Waals surface area contributed by atoms with Crippen molar-refractivity contribution in [3.8, 4) is 0 Å². The third-order valence-electron chi connectivity index (χ3n) is 1.31. The van der Waals surface area contributed by atoms with Crippen LogP contribution < -0.4 is 5.56 Å². The highest BCUT2D eigenvalue weighted by atomic mass is 79.9. The summed E-state index contributed by atoms with van der Waals surface area (Å²) in [6, 6.07) is 1.42. The van der Waals surface area contributed by atoms with Crippen molar-refractivity contribution in [1.29, 1.82) is 0 Å². The molecule has 0 fully saturated rings. The van der Waals surface area contributed by atoms with Crippen LogP contribution in [0.5, 0.6) is 0 Å². The molecule has 13 heavy (non-hydrogen) atoms. The predicted molar refractivity (Wildman–Crippen MR) is 51.0 cm³/mol. The normalized spacial score (nSPS) is 10.0. The fourth-order valence-corrected chi connectivity index (χ4v) is 1.66. The van der Waals surface area contributed by atoms with E-state index in [1.54, 1.807) is 0 Å². The highest BCUT2D eigenvalue weighted by Gasteiger charge is 2.06. The van der Waals surface area contributed by atoms with E-state index >= 15 is 0 Å². The SMILES string of the molecule is O=C(O)Cn1cc(Br)cc(Cl)c1=O. The molecule has 0 bridgehead atoms. The van der Waals surface area contributed by atoms with Gasteiger partial charge >= 0.3 is 5.97 Å². The molecule has 1 N–H and O–H groups in total. The lowest BCUT2D eigenvalue weighted by molar-refractivity contribution is -0.137. The maximum absolute atomic E-state index is 11.2. The minimum atomic E-state index is -1.09. The lowest BCUT2D eigenvalue weighted by Crippen LogP contribution is -2.23. The Morgan fingerprint density at radius 3 is 2.85 bits per heavy atom. The van der Waals surface area contributed by atoms with E-state index in [0.717, 1.165) is 4.57 Å². The lowest BCUT2D eigenvalue weighted by Gasteiger charge is -2.02. The van der Waals surface area contributed by atoms with Crippen LogP contribution in [0.15, 0.2) is 21.5 Å². The van der Waals surface area contributed by atoms with Gasteiger partial charge in [0.1, 0.15) is 11.6 Å². The fraction of sp³-hybridized carbons (Fsp3) is 0.143. The van der Waals surface area contributed by atoms with Crippen molar-refractivity contribution in [2.75, 3.05) is 0 Å². The summed E-state index contributed by atoms with van der Waals surface area (Å²) in [6.45, 7) is -0.391. The van der Waals surface area contributed by atoms with Crippen molar-refractivity contribution < 1.29 is 9.90 Å². The van der Waals surface area contributed by atoms with Gasteiger partial charge in [0.2, 0.25) is 0 Å². The molecule has 1 heterocycles. The van der Waals surface area contributed by atoms with E-state index in [0.29, 0.717) is 4.47 Å². The van der Waals surface area contributed by atoms with E-state index in [4.69, 9.17) is 16.7 Å². The Hall–Kier alpha value is -0.810. The van der Waals surface area contributed by atoms with Gasteiger partial charge in [0.25, 0.3) is 5.56 Å². The van der Waals surface area contributed by atoms with Gasteiger partial charge in [-0.2, -0.15) is 0 Å². The summed E-state index contributed by atoms with van der Waals surface area (Å²) in [4.78, 5) is 21.5. The molecule has 0 atom stereocenters. The largest absolute Gasteiger partial charge is 0.480 e. The molecule has 0 aromatic carbocycles. The average Bonchev–Trinajstić information content (AvgIpc) is 1.98. The van der Waals surface area contributed by atoms with Gasteiger partial charge < -0.3 is 9.67 Å². The third-order valence-corrected chi connectivity index (χ3v) is 2.02. The van der Waals surface area contributed by atoms with Crippen LogP contribution in [0, 0.1) is 0 Å². The monoisotopic (exact) mass is 265 g/mol. The van der Waals surface area contributed by atoms with Crippen LogP contribution in [0.25, 0.3) is 0 Å². The van der Waals surface area contributed by atoms with E-state index in [1.807, 2.05) is 0 Å². The molecular weight excluding hydrogens is 261 g/mol. The van der Waals surface area contributed by atoms with Gasteiger partial charge in [-0.1, -0.05) is 11.6 Å². The average molecular weight is 266 g/mol. The summed E-state index contributed by atoms with van der Waals surface area (Å²) in [5.74, 6) is -1.09. The first-order chi connectivity index (χ1) is 6.00. The minimum Gasteiger partial charge on any atom is -0.480 e. The van der Waals surface area contributed by atoms with E-state index < -0.39 is 18.1 Å². The van der Waals surface area contributed by atoms with Crippen LogP contribution in [0.3, 0.4) is 0 Å². The number of hydrogen-bond donors (Lipinski definition) is 1. The molecule has 1 rings (SSSR count). The smallest absolute Gasteiger partial charge is 0.323 e. The van der Waals surface area contributed by atoms with Crippen molar-refractivity contribution in [2.45, 2.75) is 6.54 Å². The summed E-state index contributed by atoms with van der Waals surface area (Å²) in [7, 11) is 0. The Labute approximate surface area is 86.9 Å². The third kappa shape index (κ3) is 2.57. The Balaban J connectivity index is 3.21. The molecule has 4 nitrogen and oxygen atoms in total. The van der Waals surface area contributed by atoms with Crippen molar-refractivity contribution in [3.05, 3.63) is 32.1 Å². The summed E-state index contributed by atoms with van der Waals surface area (Å²) >= 11 is 8.65. The molecule has 0 aliphatic carbocycles. The summed E-state index contributed by atoms with van der Waals surface area (Å²) < 4.78 is 1.59. The second-order valence-electron chi connectivity index (χ2n) is 2.33. The highest BCUT2D eigenvalue weighted by Crippen LogP contribution is 2.11. The van der Waals surface area contributed by atoms with Crippen molar-refractivity contribution >= 4 is 33.5 Å². The van der Waals surface area contributed by atoms with Gasteiger partial charge in [-0.25, -0.2) is 0 Å². The predicted octanol–water partition coefficient (Wildman–Crippen LogP) is 1.35. The number of carbonyl (C=O) groups is 1. The highest BCUT2D eigenvalue weighted by molar-refractivity contribution is 9.10. The number of nitrogens with zero attached hydrogens (tertiary/aromatic N) is 1. The number of aromatic nitrogens is 1. The van der Waals surface area contributed by atoms with E-state index in [2.05, 4.69) is 15.9 Å². The molecule has 0 unspecified atom stereocenters. The standard InChI is InChI=1S/C7H5BrClNO3/c8-4-1-5(9)7(13)10(2-4)3-6(11)12/h1-2H,3H2,(H,11,12). The van der Waals surface area contributed by atoms with Crippen LogP contribution >= 0.6 is 27.5 Å². The molecule has 6 heteroatoms. The van der Waals surface area contributed by atoms with Gasteiger partial charge in [0.05, 0.1) is 0 Å². The number of halogens is 2. The van der Waals surface area contributed by atoms with Crippen molar-refractivity contribution in [3.63, 3.8) is 0 Å². The molecule has 0 saturated carbocycles. The van der Waals surface area contributed by atoms with E-state index in [-0.39, 0.29) is 5.02 Å². The van der Waals surface area contributed by atoms with E-state index in [9.17, 15) is 9.59 Å². The molecule has 0 amide bonds. The molecule has 0 radical (unpaired) electrons. The number of hydrogen-bond acceptors (Lipinski definition) is 2. The van der Waals surface area contributed by atoms with Gasteiger partial charge in [-0.05, 0) is 22.0 Å². The Morgan fingerprint density at radius 2 is 2.31 bits per heavy atom. The molecule has 0 aliphatic heterocycles. The Morgan fingerprint density at radius 1 is 1.69 bits per heavy atom. The second-order valence-corrected chi connectivity index (χ2v) is 3.66. The molecule has 1 aromatic rings. The maximum Gasteiger partial charge on any atom is 0.323 e. The quantitative estimate of drug-likeness (QED) is 0.879. The minimum absolute atomic E-state index is 0.00405. The number of carboxylic acid groups (broad SMARTS) is 1. The molecule has 0 aliphatic rings. The molecular formula is C7H5BrClNO3. The maximum atomic E-state index is 11.2. The first-order valence-electron chi connectivity index (χ1n) is 3.28. The van der Waals surface area contributed by atoms with Crippen LogP contribution in [0.2, 0.25) is 5.02 Å². The fourth-order valence-electron chi connectivity index (χ4n) is 0.828. The number of rotatable bonds is 2. The summed E-state index contributed by atoms with van der Waals surface area (Å²) in [6.07, 6.45) is 1.38. The van der Waals surface area contributed by atoms with Crippen LogP contribution in [-0.2, 0) is 11.3 Å². The topological polar surface area (TPSA) is 59.3 Å². The van der Waals surface area contributed by atoms with Gasteiger partial charge in [0, 0.05) is 10.7 Å². The number of aliphatic carboxylic acids is 1. The summed E-state index contributed by atoms with van der Waals surface area (Å²) in [5, 5.41) is 8.45. The van der Waals surface area contributed by atoms with Gasteiger partial charge in [0.15, 0.2) is 0 Å². The molecule has 70 valence electrons. The van der Waals surface area contributed by atoms with Crippen LogP contribution in [0.1, 0.15) is 0 Å². The molecule has 0 saturated heterocycles. The van der Waals surface area contributed by atoms with Crippen LogP contribution in [-0.4, -0.2) is 15.6 Å². The second kappa shape index (κ2) is 3.93.